The van der Waals surface area contributed by atoms with Crippen molar-refractivity contribution in [2.75, 3.05) is 6.54 Å². The molecule has 1 amide bonds. The van der Waals surface area contributed by atoms with E-state index in [1.54, 1.807) is 20.0 Å². The van der Waals surface area contributed by atoms with E-state index in [2.05, 4.69) is 10.4 Å². The molecule has 0 fully saturated rings. The van der Waals surface area contributed by atoms with Gasteiger partial charge in [-0.1, -0.05) is 41.9 Å². The summed E-state index contributed by atoms with van der Waals surface area (Å²) in [7, 11) is 1.72. The van der Waals surface area contributed by atoms with Crippen LogP contribution in [0.4, 0.5) is 0 Å². The highest BCUT2D eigenvalue weighted by Gasteiger charge is 2.09. The predicted molar refractivity (Wildman–Crippen MR) is 91.2 cm³/mol. The number of esters is 1. The molecule has 0 aliphatic carbocycles. The van der Waals surface area contributed by atoms with Crippen molar-refractivity contribution in [1.82, 2.24) is 15.1 Å². The Morgan fingerprint density at radius 2 is 2.04 bits per heavy atom. The number of benzene rings is 1. The molecule has 2 aromatic rings. The van der Waals surface area contributed by atoms with Gasteiger partial charge in [-0.3, -0.25) is 14.3 Å². The quantitative estimate of drug-likeness (QED) is 0.642. The Morgan fingerprint density at radius 3 is 2.67 bits per heavy atom. The van der Waals surface area contributed by atoms with Gasteiger partial charge in [-0.05, 0) is 18.6 Å². The number of amides is 1. The lowest BCUT2D eigenvalue weighted by molar-refractivity contribution is -0.144. The monoisotopic (exact) mass is 347 g/mol. The van der Waals surface area contributed by atoms with Crippen LogP contribution in [0, 0.1) is 6.92 Å². The van der Waals surface area contributed by atoms with Crippen LogP contribution in [0.5, 0.6) is 0 Å². The maximum absolute atomic E-state index is 11.7. The minimum absolute atomic E-state index is 0.176. The molecule has 0 atom stereocenters. The van der Waals surface area contributed by atoms with Gasteiger partial charge < -0.3 is 10.1 Å². The summed E-state index contributed by atoms with van der Waals surface area (Å²) in [6.45, 7) is 1.77. The van der Waals surface area contributed by atoms with Crippen LogP contribution in [0.3, 0.4) is 0 Å². The predicted octanol–water partition coefficient (Wildman–Crippen LogP) is 2.25. The van der Waals surface area contributed by atoms with E-state index in [9.17, 15) is 9.59 Å². The third-order valence-electron chi connectivity index (χ3n) is 3.25. The molecule has 0 saturated carbocycles. The Balaban J connectivity index is 1.78. The Hall–Kier alpha value is -2.60. The van der Waals surface area contributed by atoms with Crippen LogP contribution in [0.15, 0.2) is 36.4 Å². The Bertz CT molecular complexity index is 754. The van der Waals surface area contributed by atoms with Gasteiger partial charge in [0.2, 0.25) is 5.91 Å². The van der Waals surface area contributed by atoms with E-state index < -0.39 is 11.9 Å². The summed E-state index contributed by atoms with van der Waals surface area (Å²) in [5.41, 5.74) is 2.27. The number of aromatic nitrogens is 2. The molecule has 126 valence electrons. The molecule has 0 bridgehead atoms. The van der Waals surface area contributed by atoms with Crippen LogP contribution < -0.4 is 5.32 Å². The molecule has 0 saturated heterocycles. The van der Waals surface area contributed by atoms with Gasteiger partial charge in [0.15, 0.2) is 0 Å². The van der Waals surface area contributed by atoms with Crippen LogP contribution in [0.1, 0.15) is 16.8 Å². The van der Waals surface area contributed by atoms with Crippen molar-refractivity contribution in [3.63, 3.8) is 0 Å². The third kappa shape index (κ3) is 4.96. The zero-order valence-corrected chi connectivity index (χ0v) is 14.2. The maximum atomic E-state index is 11.7. The van der Waals surface area contributed by atoms with E-state index in [0.717, 1.165) is 5.56 Å². The van der Waals surface area contributed by atoms with Crippen LogP contribution >= 0.6 is 11.6 Å². The van der Waals surface area contributed by atoms with Crippen molar-refractivity contribution in [2.45, 2.75) is 13.5 Å². The molecule has 0 unspecified atom stereocenters. The summed E-state index contributed by atoms with van der Waals surface area (Å²) in [4.78, 5) is 23.4. The lowest BCUT2D eigenvalue weighted by Crippen LogP contribution is -2.29. The molecule has 0 aliphatic rings. The van der Waals surface area contributed by atoms with Gasteiger partial charge in [0.25, 0.3) is 0 Å². The highest BCUT2D eigenvalue weighted by Crippen LogP contribution is 2.19. The second kappa shape index (κ2) is 8.31. The summed E-state index contributed by atoms with van der Waals surface area (Å²) in [6.07, 6.45) is 2.87. The summed E-state index contributed by atoms with van der Waals surface area (Å²) < 4.78 is 6.59. The first-order valence-corrected chi connectivity index (χ1v) is 7.69. The summed E-state index contributed by atoms with van der Waals surface area (Å²) in [5, 5.41) is 7.05. The van der Waals surface area contributed by atoms with Crippen LogP contribution in [-0.4, -0.2) is 28.2 Å². The van der Waals surface area contributed by atoms with E-state index in [1.807, 2.05) is 30.3 Å². The van der Waals surface area contributed by atoms with Gasteiger partial charge in [0.05, 0.1) is 5.69 Å². The zero-order chi connectivity index (χ0) is 17.5. The van der Waals surface area contributed by atoms with Crippen molar-refractivity contribution < 1.29 is 14.3 Å². The molecule has 0 aliphatic heterocycles. The third-order valence-corrected chi connectivity index (χ3v) is 3.70. The molecule has 0 spiro atoms. The number of halogens is 1. The molecule has 2 rings (SSSR count). The highest BCUT2D eigenvalue weighted by molar-refractivity contribution is 6.31. The van der Waals surface area contributed by atoms with Gasteiger partial charge >= 0.3 is 5.97 Å². The van der Waals surface area contributed by atoms with Crippen molar-refractivity contribution in [3.05, 3.63) is 58.4 Å². The Labute approximate surface area is 145 Å². The topological polar surface area (TPSA) is 73.2 Å². The van der Waals surface area contributed by atoms with Gasteiger partial charge in [-0.15, -0.1) is 0 Å². The average Bonchev–Trinajstić information content (AvgIpc) is 2.82. The molecule has 1 heterocycles. The Morgan fingerprint density at radius 1 is 1.33 bits per heavy atom. The molecule has 7 heteroatoms. The number of nitrogens with one attached hydrogen (secondary N) is 1. The molecule has 6 nitrogen and oxygen atoms in total. The molecule has 0 radical (unpaired) electrons. The first-order valence-electron chi connectivity index (χ1n) is 7.32. The standard InChI is InChI=1S/C17H18ClN3O3/c1-12-14(17(18)21(2)20-12)8-9-15(22)19-10-16(23)24-11-13-6-4-3-5-7-13/h3-9H,10-11H2,1-2H3,(H,19,22). The van der Waals surface area contributed by atoms with Crippen LogP contribution in [-0.2, 0) is 28.0 Å². The van der Waals surface area contributed by atoms with Crippen LogP contribution in [0.25, 0.3) is 6.08 Å². The van der Waals surface area contributed by atoms with Crippen molar-refractivity contribution >= 4 is 29.6 Å². The van der Waals surface area contributed by atoms with Gasteiger partial charge in [-0.25, -0.2) is 0 Å². The second-order valence-corrected chi connectivity index (χ2v) is 5.47. The molecular weight excluding hydrogens is 330 g/mol. The first kappa shape index (κ1) is 17.7. The smallest absolute Gasteiger partial charge is 0.325 e. The normalized spacial score (nSPS) is 10.8. The van der Waals surface area contributed by atoms with Crippen LogP contribution in [0.2, 0.25) is 5.15 Å². The number of ether oxygens (including phenoxy) is 1. The van der Waals surface area contributed by atoms with E-state index in [-0.39, 0.29) is 13.2 Å². The van der Waals surface area contributed by atoms with E-state index in [0.29, 0.717) is 16.4 Å². The van der Waals surface area contributed by atoms with Crippen molar-refractivity contribution in [1.29, 1.82) is 0 Å². The highest BCUT2D eigenvalue weighted by atomic mass is 35.5. The largest absolute Gasteiger partial charge is 0.460 e. The lowest BCUT2D eigenvalue weighted by Gasteiger charge is -2.05. The van der Waals surface area contributed by atoms with Gasteiger partial charge in [0, 0.05) is 18.7 Å². The van der Waals surface area contributed by atoms with Gasteiger partial charge in [-0.2, -0.15) is 5.10 Å². The van der Waals surface area contributed by atoms with E-state index in [1.165, 1.54) is 10.8 Å². The summed E-state index contributed by atoms with van der Waals surface area (Å²) >= 11 is 6.07. The molecule has 1 aromatic carbocycles. The van der Waals surface area contributed by atoms with Crippen molar-refractivity contribution in [3.8, 4) is 0 Å². The van der Waals surface area contributed by atoms with E-state index >= 15 is 0 Å². The fourth-order valence-electron chi connectivity index (χ4n) is 2.00. The first-order chi connectivity index (χ1) is 11.5. The minimum atomic E-state index is -0.504. The number of aryl methyl sites for hydroxylation is 2. The maximum Gasteiger partial charge on any atom is 0.325 e. The minimum Gasteiger partial charge on any atom is -0.460 e. The number of carbonyl (C=O) groups is 2. The number of hydrogen-bond acceptors (Lipinski definition) is 4. The number of hydrogen-bond donors (Lipinski definition) is 1. The summed E-state index contributed by atoms with van der Waals surface area (Å²) in [5.74, 6) is -0.915. The molecule has 1 aromatic heterocycles. The Kier molecular flexibility index (Phi) is 6.14. The van der Waals surface area contributed by atoms with E-state index in [4.69, 9.17) is 16.3 Å². The van der Waals surface area contributed by atoms with Gasteiger partial charge in [0.1, 0.15) is 18.3 Å². The average molecular weight is 348 g/mol. The fraction of sp³-hybridized carbons (Fsp3) is 0.235. The van der Waals surface area contributed by atoms with Crippen molar-refractivity contribution in [2.24, 2.45) is 7.05 Å². The number of rotatable bonds is 6. The lowest BCUT2D eigenvalue weighted by atomic mass is 10.2. The molecular formula is C17H18ClN3O3. The fourth-order valence-corrected chi connectivity index (χ4v) is 2.24. The number of carbonyl (C=O) groups excluding carboxylic acids is 2. The molecule has 1 N–H and O–H groups in total. The SMILES string of the molecule is Cc1nn(C)c(Cl)c1C=CC(=O)NCC(=O)OCc1ccccc1. The zero-order valence-electron chi connectivity index (χ0n) is 13.5. The number of nitrogens with zero attached hydrogens (tertiary/aromatic N) is 2. The summed E-state index contributed by atoms with van der Waals surface area (Å²) in [6, 6.07) is 9.32. The molecule has 24 heavy (non-hydrogen) atoms. The second-order valence-electron chi connectivity index (χ2n) is 5.11.